The van der Waals surface area contributed by atoms with E-state index in [-0.39, 0.29) is 4.90 Å². The summed E-state index contributed by atoms with van der Waals surface area (Å²) in [4.78, 5) is 0.271. The summed E-state index contributed by atoms with van der Waals surface area (Å²) in [6, 6.07) is 16.8. The highest BCUT2D eigenvalue weighted by molar-refractivity contribution is 7.92. The standard InChI is InChI=1S/C24H23NO3S/c1-2-16-11-13-17(14-12-16)29(26,27)25-22-15-21-19-8-5-6-10-23(19)28-24(21)20-9-4-3-7-18(20)22/h3-4,7,9,11-15,25H,2,5-6,8,10H2,1H3. The predicted molar refractivity (Wildman–Crippen MR) is 117 cm³/mol. The van der Waals surface area contributed by atoms with E-state index in [1.807, 2.05) is 42.5 Å². The molecule has 1 heterocycles. The van der Waals surface area contributed by atoms with Crippen molar-refractivity contribution in [3.05, 3.63) is 71.5 Å². The van der Waals surface area contributed by atoms with Crippen LogP contribution in [0.15, 0.2) is 63.9 Å². The lowest BCUT2D eigenvalue weighted by Crippen LogP contribution is -2.13. The van der Waals surface area contributed by atoms with Crippen LogP contribution in [0.4, 0.5) is 5.69 Å². The van der Waals surface area contributed by atoms with E-state index < -0.39 is 10.0 Å². The number of furan rings is 1. The maximum atomic E-state index is 13.1. The van der Waals surface area contributed by atoms with Crippen molar-refractivity contribution in [3.63, 3.8) is 0 Å². The Hall–Kier alpha value is -2.79. The van der Waals surface area contributed by atoms with Crippen LogP contribution >= 0.6 is 0 Å². The van der Waals surface area contributed by atoms with Crippen molar-refractivity contribution >= 4 is 37.5 Å². The second-order valence-corrected chi connectivity index (χ2v) is 9.34. The van der Waals surface area contributed by atoms with Crippen LogP contribution in [-0.2, 0) is 29.3 Å². The highest BCUT2D eigenvalue weighted by Gasteiger charge is 2.22. The van der Waals surface area contributed by atoms with Crippen LogP contribution in [0.3, 0.4) is 0 Å². The number of anilines is 1. The first-order valence-corrected chi connectivity index (χ1v) is 11.6. The van der Waals surface area contributed by atoms with Crippen molar-refractivity contribution in [2.45, 2.75) is 43.9 Å². The van der Waals surface area contributed by atoms with E-state index in [4.69, 9.17) is 4.42 Å². The fourth-order valence-corrected chi connectivity index (χ4v) is 5.34. The maximum absolute atomic E-state index is 13.1. The van der Waals surface area contributed by atoms with E-state index in [0.717, 1.165) is 65.2 Å². The smallest absolute Gasteiger partial charge is 0.261 e. The molecule has 4 aromatic rings. The predicted octanol–water partition coefficient (Wildman–Crippen LogP) is 5.83. The van der Waals surface area contributed by atoms with Gasteiger partial charge in [0, 0.05) is 28.1 Å². The largest absolute Gasteiger partial charge is 0.460 e. The summed E-state index contributed by atoms with van der Waals surface area (Å²) in [5, 5.41) is 2.82. The number of hydrogen-bond donors (Lipinski definition) is 1. The minimum atomic E-state index is -3.68. The van der Waals surface area contributed by atoms with Crippen LogP contribution in [0.2, 0.25) is 0 Å². The van der Waals surface area contributed by atoms with Gasteiger partial charge in [0.05, 0.1) is 10.6 Å². The second-order valence-electron chi connectivity index (χ2n) is 7.66. The lowest BCUT2D eigenvalue weighted by Gasteiger charge is -2.13. The molecule has 0 amide bonds. The van der Waals surface area contributed by atoms with Crippen LogP contribution in [0, 0.1) is 0 Å². The zero-order chi connectivity index (χ0) is 20.0. The molecule has 1 N–H and O–H groups in total. The van der Waals surface area contributed by atoms with Gasteiger partial charge in [-0.15, -0.1) is 0 Å². The highest BCUT2D eigenvalue weighted by atomic mass is 32.2. The summed E-state index contributed by atoms with van der Waals surface area (Å²) in [5.41, 5.74) is 3.80. The fourth-order valence-electron chi connectivity index (χ4n) is 4.27. The first kappa shape index (κ1) is 18.3. The van der Waals surface area contributed by atoms with Gasteiger partial charge < -0.3 is 4.42 Å². The Morgan fingerprint density at radius 3 is 2.41 bits per heavy atom. The molecule has 1 aromatic heterocycles. The fraction of sp³-hybridized carbons (Fsp3) is 0.250. The quantitative estimate of drug-likeness (QED) is 0.465. The molecule has 29 heavy (non-hydrogen) atoms. The third kappa shape index (κ3) is 3.10. The first-order chi connectivity index (χ1) is 14.1. The van der Waals surface area contributed by atoms with Gasteiger partial charge in [0.2, 0.25) is 0 Å². The van der Waals surface area contributed by atoms with Crippen LogP contribution in [0.1, 0.15) is 36.7 Å². The number of benzene rings is 3. The van der Waals surface area contributed by atoms with E-state index in [1.165, 1.54) is 5.56 Å². The van der Waals surface area contributed by atoms with Gasteiger partial charge in [-0.05, 0) is 49.4 Å². The van der Waals surface area contributed by atoms with Crippen LogP contribution in [0.25, 0.3) is 21.7 Å². The minimum absolute atomic E-state index is 0.271. The van der Waals surface area contributed by atoms with E-state index in [2.05, 4.69) is 11.6 Å². The van der Waals surface area contributed by atoms with Crippen molar-refractivity contribution < 1.29 is 12.8 Å². The van der Waals surface area contributed by atoms with Crippen LogP contribution in [-0.4, -0.2) is 8.42 Å². The molecule has 5 heteroatoms. The molecule has 0 unspecified atom stereocenters. The molecule has 0 saturated carbocycles. The van der Waals surface area contributed by atoms with Gasteiger partial charge in [0.1, 0.15) is 11.3 Å². The summed E-state index contributed by atoms with van der Waals surface area (Å²) in [5.74, 6) is 1.05. The second kappa shape index (κ2) is 6.92. The molecular formula is C24H23NO3S. The average molecular weight is 406 g/mol. The minimum Gasteiger partial charge on any atom is -0.460 e. The number of nitrogens with one attached hydrogen (secondary N) is 1. The molecule has 4 nitrogen and oxygen atoms in total. The molecule has 0 saturated heterocycles. The lowest BCUT2D eigenvalue weighted by molar-refractivity contribution is 0.507. The Bertz CT molecular complexity index is 1320. The number of hydrogen-bond acceptors (Lipinski definition) is 3. The van der Waals surface area contributed by atoms with Gasteiger partial charge in [-0.1, -0.05) is 43.3 Å². The van der Waals surface area contributed by atoms with Crippen molar-refractivity contribution in [1.82, 2.24) is 0 Å². The van der Waals surface area contributed by atoms with Gasteiger partial charge in [0.25, 0.3) is 10.0 Å². The highest BCUT2D eigenvalue weighted by Crippen LogP contribution is 2.39. The van der Waals surface area contributed by atoms with Gasteiger partial charge in [0.15, 0.2) is 0 Å². The Balaban J connectivity index is 1.67. The normalized spacial score (nSPS) is 14.2. The van der Waals surface area contributed by atoms with Crippen molar-refractivity contribution in [1.29, 1.82) is 0 Å². The lowest BCUT2D eigenvalue weighted by atomic mass is 9.94. The summed E-state index contributed by atoms with van der Waals surface area (Å²) >= 11 is 0. The van der Waals surface area contributed by atoms with Crippen LogP contribution < -0.4 is 4.72 Å². The van der Waals surface area contributed by atoms with Gasteiger partial charge in [-0.2, -0.15) is 0 Å². The summed E-state index contributed by atoms with van der Waals surface area (Å²) < 4.78 is 35.2. The molecular weight excluding hydrogens is 382 g/mol. The van der Waals surface area contributed by atoms with E-state index in [1.54, 1.807) is 12.1 Å². The van der Waals surface area contributed by atoms with Crippen molar-refractivity contribution in [3.8, 4) is 0 Å². The Morgan fingerprint density at radius 2 is 1.66 bits per heavy atom. The van der Waals surface area contributed by atoms with Crippen LogP contribution in [0.5, 0.6) is 0 Å². The Labute approximate surface area is 170 Å². The third-order valence-electron chi connectivity index (χ3n) is 5.85. The molecule has 0 spiro atoms. The molecule has 3 aromatic carbocycles. The molecule has 0 aliphatic heterocycles. The summed E-state index contributed by atoms with van der Waals surface area (Å²) in [7, 11) is -3.68. The Morgan fingerprint density at radius 1 is 0.931 bits per heavy atom. The monoisotopic (exact) mass is 405 g/mol. The van der Waals surface area contributed by atoms with E-state index in [9.17, 15) is 8.42 Å². The molecule has 5 rings (SSSR count). The zero-order valence-corrected chi connectivity index (χ0v) is 17.2. The molecule has 0 fully saturated rings. The third-order valence-corrected chi connectivity index (χ3v) is 7.23. The van der Waals surface area contributed by atoms with Gasteiger partial charge in [-0.3, -0.25) is 4.72 Å². The average Bonchev–Trinajstić information content (AvgIpc) is 3.13. The van der Waals surface area contributed by atoms with Gasteiger partial charge >= 0.3 is 0 Å². The molecule has 0 atom stereocenters. The van der Waals surface area contributed by atoms with Gasteiger partial charge in [-0.25, -0.2) is 8.42 Å². The van der Waals surface area contributed by atoms with Crippen molar-refractivity contribution in [2.24, 2.45) is 0 Å². The molecule has 1 aliphatic carbocycles. The molecule has 0 bridgehead atoms. The molecule has 0 radical (unpaired) electrons. The molecule has 148 valence electrons. The number of rotatable bonds is 4. The van der Waals surface area contributed by atoms with Crippen molar-refractivity contribution in [2.75, 3.05) is 4.72 Å². The number of aryl methyl sites for hydroxylation is 3. The SMILES string of the molecule is CCc1ccc(S(=O)(=O)Nc2cc3c4c(oc3c3ccccc23)CCCC4)cc1. The zero-order valence-electron chi connectivity index (χ0n) is 16.4. The summed E-state index contributed by atoms with van der Waals surface area (Å²) in [6.07, 6.45) is 5.08. The maximum Gasteiger partial charge on any atom is 0.261 e. The summed E-state index contributed by atoms with van der Waals surface area (Å²) in [6.45, 7) is 2.05. The topological polar surface area (TPSA) is 59.3 Å². The number of sulfonamides is 1. The number of fused-ring (bicyclic) bond motifs is 5. The van der Waals surface area contributed by atoms with E-state index in [0.29, 0.717) is 5.69 Å². The van der Waals surface area contributed by atoms with E-state index >= 15 is 0 Å². The molecule has 1 aliphatic rings. The Kier molecular flexibility index (Phi) is 4.36. The first-order valence-electron chi connectivity index (χ1n) is 10.1.